The van der Waals surface area contributed by atoms with Crippen molar-refractivity contribution in [2.24, 2.45) is 34.5 Å². The molecule has 0 aromatic rings. The van der Waals surface area contributed by atoms with Crippen LogP contribution in [0.2, 0.25) is 0 Å². The summed E-state index contributed by atoms with van der Waals surface area (Å²) in [5.41, 5.74) is -1.17. The minimum absolute atomic E-state index is 0.00796. The number of aldehydes is 1. The molecule has 0 radical (unpaired) electrons. The molecule has 3 fully saturated rings. The van der Waals surface area contributed by atoms with Crippen LogP contribution in [0.5, 0.6) is 0 Å². The summed E-state index contributed by atoms with van der Waals surface area (Å²) in [6.07, 6.45) is 7.07. The van der Waals surface area contributed by atoms with Gasteiger partial charge in [0, 0.05) is 23.7 Å². The zero-order chi connectivity index (χ0) is 17.0. The van der Waals surface area contributed by atoms with Gasteiger partial charge in [0.2, 0.25) is 0 Å². The monoisotopic (exact) mass is 320 g/mol. The second kappa shape index (κ2) is 5.40. The molecule has 3 aliphatic carbocycles. The zero-order valence-corrected chi connectivity index (χ0v) is 15.1. The summed E-state index contributed by atoms with van der Waals surface area (Å²) in [6.45, 7) is 8.53. The molecule has 6 atom stereocenters. The van der Waals surface area contributed by atoms with Crippen molar-refractivity contribution in [2.45, 2.75) is 78.2 Å². The maximum Gasteiger partial charge on any atom is 0.136 e. The number of fused-ring (bicyclic) bond motifs is 3. The summed E-state index contributed by atoms with van der Waals surface area (Å²) in [7, 11) is 0. The van der Waals surface area contributed by atoms with E-state index in [1.807, 2.05) is 0 Å². The maximum atomic E-state index is 12.6. The first kappa shape index (κ1) is 17.1. The highest BCUT2D eigenvalue weighted by atomic mass is 16.3. The molecule has 0 aromatic carbocycles. The first-order chi connectivity index (χ1) is 10.7. The minimum atomic E-state index is -0.771. The molecule has 0 saturated heterocycles. The van der Waals surface area contributed by atoms with Gasteiger partial charge in [0.05, 0.1) is 5.60 Å². The Balaban J connectivity index is 2.09. The molecule has 23 heavy (non-hydrogen) atoms. The van der Waals surface area contributed by atoms with Crippen molar-refractivity contribution < 1.29 is 14.7 Å². The Morgan fingerprint density at radius 1 is 1.17 bits per heavy atom. The predicted octanol–water partition coefficient (Wildman–Crippen LogP) is 3.77. The lowest BCUT2D eigenvalue weighted by Gasteiger charge is -2.64. The third-order valence-corrected chi connectivity index (χ3v) is 7.90. The molecule has 1 N–H and O–H groups in total. The van der Waals surface area contributed by atoms with Crippen LogP contribution in [0, 0.1) is 34.5 Å². The van der Waals surface area contributed by atoms with E-state index in [9.17, 15) is 14.7 Å². The van der Waals surface area contributed by atoms with Crippen LogP contribution in [0.1, 0.15) is 72.6 Å². The Morgan fingerprint density at radius 3 is 2.48 bits per heavy atom. The summed E-state index contributed by atoms with van der Waals surface area (Å²) in [5, 5.41) is 11.6. The van der Waals surface area contributed by atoms with Crippen molar-refractivity contribution in [2.75, 3.05) is 0 Å². The van der Waals surface area contributed by atoms with E-state index in [1.165, 1.54) is 0 Å². The van der Waals surface area contributed by atoms with Gasteiger partial charge in [-0.15, -0.1) is 0 Å². The standard InChI is InChI=1S/C20H32O3/c1-13(2)20(23)11-8-15(22)14-6-7-16-18(3,12-21)9-5-10-19(16,4)17(14)20/h12-14,16-17,23H,5-11H2,1-4H3/t14-,16-,17-,18+,19-,20+/m0/s1. The molecular weight excluding hydrogens is 288 g/mol. The summed E-state index contributed by atoms with van der Waals surface area (Å²) in [6, 6.07) is 0. The fraction of sp³-hybridized carbons (Fsp3) is 0.900. The number of aliphatic hydroxyl groups is 1. The van der Waals surface area contributed by atoms with Crippen LogP contribution >= 0.6 is 0 Å². The van der Waals surface area contributed by atoms with Gasteiger partial charge in [0.25, 0.3) is 0 Å². The Kier molecular flexibility index (Phi) is 4.03. The predicted molar refractivity (Wildman–Crippen MR) is 89.9 cm³/mol. The largest absolute Gasteiger partial charge is 0.389 e. The van der Waals surface area contributed by atoms with E-state index in [0.29, 0.717) is 24.5 Å². The quantitative estimate of drug-likeness (QED) is 0.788. The van der Waals surface area contributed by atoms with E-state index in [4.69, 9.17) is 0 Å². The van der Waals surface area contributed by atoms with Crippen LogP contribution in [0.4, 0.5) is 0 Å². The van der Waals surface area contributed by atoms with Gasteiger partial charge >= 0.3 is 0 Å². The van der Waals surface area contributed by atoms with Gasteiger partial charge in [-0.1, -0.05) is 34.1 Å². The SMILES string of the molecule is CC(C)[C@]1(O)CCC(=O)[C@@H]2CC[C@@H]3[C@](C)(CCC[C@]3(C)C=O)[C@H]21. The molecule has 130 valence electrons. The van der Waals surface area contributed by atoms with Crippen LogP contribution in [-0.2, 0) is 9.59 Å². The fourth-order valence-corrected chi connectivity index (χ4v) is 6.68. The van der Waals surface area contributed by atoms with Crippen molar-refractivity contribution in [3.05, 3.63) is 0 Å². The van der Waals surface area contributed by atoms with Gasteiger partial charge in [-0.3, -0.25) is 4.79 Å². The minimum Gasteiger partial charge on any atom is -0.389 e. The third kappa shape index (κ3) is 2.26. The summed E-state index contributed by atoms with van der Waals surface area (Å²) < 4.78 is 0. The van der Waals surface area contributed by atoms with Crippen molar-refractivity contribution >= 4 is 12.1 Å². The van der Waals surface area contributed by atoms with E-state index < -0.39 is 5.60 Å². The second-order valence-corrected chi connectivity index (χ2v) is 9.31. The smallest absolute Gasteiger partial charge is 0.136 e. The van der Waals surface area contributed by atoms with E-state index in [0.717, 1.165) is 38.4 Å². The molecule has 3 nitrogen and oxygen atoms in total. The van der Waals surface area contributed by atoms with Gasteiger partial charge in [0.15, 0.2) is 0 Å². The molecule has 3 saturated carbocycles. The molecule has 0 bridgehead atoms. The average Bonchev–Trinajstić information content (AvgIpc) is 2.50. The normalized spacial score (nSPS) is 50.3. The molecule has 0 aromatic heterocycles. The van der Waals surface area contributed by atoms with Crippen molar-refractivity contribution in [3.63, 3.8) is 0 Å². The molecular formula is C20H32O3. The number of rotatable bonds is 2. The average molecular weight is 320 g/mol. The van der Waals surface area contributed by atoms with E-state index >= 15 is 0 Å². The molecule has 3 aliphatic rings. The topological polar surface area (TPSA) is 54.4 Å². The van der Waals surface area contributed by atoms with Crippen LogP contribution in [0.25, 0.3) is 0 Å². The fourth-order valence-electron chi connectivity index (χ4n) is 6.68. The summed E-state index contributed by atoms with van der Waals surface area (Å²) >= 11 is 0. The highest BCUT2D eigenvalue weighted by molar-refractivity contribution is 5.83. The Morgan fingerprint density at radius 2 is 1.87 bits per heavy atom. The van der Waals surface area contributed by atoms with Gasteiger partial charge in [0.1, 0.15) is 12.1 Å². The number of Topliss-reactive ketones (excluding diaryl/α,β-unsaturated/α-hetero) is 1. The van der Waals surface area contributed by atoms with Crippen molar-refractivity contribution in [1.82, 2.24) is 0 Å². The first-order valence-electron chi connectivity index (χ1n) is 9.40. The Hall–Kier alpha value is -0.700. The molecule has 0 amide bonds. The van der Waals surface area contributed by atoms with Gasteiger partial charge in [-0.25, -0.2) is 0 Å². The highest BCUT2D eigenvalue weighted by Gasteiger charge is 2.64. The number of carbonyl (C=O) groups excluding carboxylic acids is 2. The molecule has 0 unspecified atom stereocenters. The highest BCUT2D eigenvalue weighted by Crippen LogP contribution is 2.65. The molecule has 0 aliphatic heterocycles. The maximum absolute atomic E-state index is 12.6. The second-order valence-electron chi connectivity index (χ2n) is 9.31. The van der Waals surface area contributed by atoms with E-state index in [1.54, 1.807) is 0 Å². The van der Waals surface area contributed by atoms with Crippen LogP contribution < -0.4 is 0 Å². The first-order valence-corrected chi connectivity index (χ1v) is 9.40. The number of carbonyl (C=O) groups is 2. The van der Waals surface area contributed by atoms with Gasteiger partial charge < -0.3 is 9.90 Å². The van der Waals surface area contributed by atoms with Crippen LogP contribution in [0.15, 0.2) is 0 Å². The summed E-state index contributed by atoms with van der Waals surface area (Å²) in [5.74, 6) is 0.779. The third-order valence-electron chi connectivity index (χ3n) is 7.90. The number of hydrogen-bond acceptors (Lipinski definition) is 3. The lowest BCUT2D eigenvalue weighted by Crippen LogP contribution is -2.64. The lowest BCUT2D eigenvalue weighted by molar-refractivity contribution is -0.208. The van der Waals surface area contributed by atoms with Gasteiger partial charge in [-0.2, -0.15) is 0 Å². The Bertz CT molecular complexity index is 513. The van der Waals surface area contributed by atoms with Crippen LogP contribution in [0.3, 0.4) is 0 Å². The number of ketones is 1. The zero-order valence-electron chi connectivity index (χ0n) is 15.1. The summed E-state index contributed by atoms with van der Waals surface area (Å²) in [4.78, 5) is 24.5. The van der Waals surface area contributed by atoms with Crippen molar-refractivity contribution in [1.29, 1.82) is 0 Å². The molecule has 3 heteroatoms. The van der Waals surface area contributed by atoms with Crippen molar-refractivity contribution in [3.8, 4) is 0 Å². The molecule has 0 spiro atoms. The van der Waals surface area contributed by atoms with E-state index in [-0.39, 0.29) is 28.6 Å². The number of hydrogen-bond donors (Lipinski definition) is 1. The van der Waals surface area contributed by atoms with E-state index in [2.05, 4.69) is 27.7 Å². The van der Waals surface area contributed by atoms with Crippen LogP contribution in [-0.4, -0.2) is 22.8 Å². The Labute approximate surface area is 140 Å². The molecule has 0 heterocycles. The lowest BCUT2D eigenvalue weighted by atomic mass is 9.41. The van der Waals surface area contributed by atoms with Gasteiger partial charge in [-0.05, 0) is 49.4 Å². The molecule has 3 rings (SSSR count).